The van der Waals surface area contributed by atoms with E-state index in [9.17, 15) is 9.59 Å². The van der Waals surface area contributed by atoms with Crippen molar-refractivity contribution in [3.8, 4) is 11.5 Å². The second-order valence-electron chi connectivity index (χ2n) is 5.41. The molecule has 25 heavy (non-hydrogen) atoms. The third kappa shape index (κ3) is 4.27. The van der Waals surface area contributed by atoms with Crippen LogP contribution in [0.15, 0.2) is 48.5 Å². The minimum absolute atomic E-state index is 0.145. The highest BCUT2D eigenvalue weighted by Gasteiger charge is 2.27. The normalized spacial score (nSPS) is 13.2. The van der Waals surface area contributed by atoms with Crippen LogP contribution in [0, 0.1) is 5.92 Å². The summed E-state index contributed by atoms with van der Waals surface area (Å²) in [5.41, 5.74) is 1.04. The fraction of sp³-hybridized carbons (Fsp3) is 0.333. The van der Waals surface area contributed by atoms with E-state index >= 15 is 0 Å². The highest BCUT2D eigenvalue weighted by Crippen LogP contribution is 2.32. The van der Waals surface area contributed by atoms with Crippen molar-refractivity contribution in [2.24, 2.45) is 5.92 Å². The summed E-state index contributed by atoms with van der Waals surface area (Å²) in [4.78, 5) is 25.4. The lowest BCUT2D eigenvalue weighted by Crippen LogP contribution is -2.24. The number of hydrogen-bond acceptors (Lipinski definition) is 4. The molecule has 0 radical (unpaired) electrons. The molecule has 0 aromatic heterocycles. The summed E-state index contributed by atoms with van der Waals surface area (Å²) < 4.78 is 11.0. The Morgan fingerprint density at radius 2 is 1.48 bits per heavy atom. The SMILES string of the molecule is CC.CCC(C(=O)c1ccccc1)C(=O)c1ccc2c(c1)OCCO2. The van der Waals surface area contributed by atoms with Crippen molar-refractivity contribution >= 4 is 11.6 Å². The van der Waals surface area contributed by atoms with E-state index in [4.69, 9.17) is 9.47 Å². The molecular weight excluding hydrogens is 316 g/mol. The van der Waals surface area contributed by atoms with E-state index < -0.39 is 5.92 Å². The molecule has 1 unspecified atom stereocenters. The second kappa shape index (κ2) is 9.02. The van der Waals surface area contributed by atoms with Crippen LogP contribution < -0.4 is 9.47 Å². The molecule has 1 heterocycles. The molecule has 0 N–H and O–H groups in total. The largest absolute Gasteiger partial charge is 0.486 e. The van der Waals surface area contributed by atoms with Crippen molar-refractivity contribution in [3.05, 3.63) is 59.7 Å². The van der Waals surface area contributed by atoms with Gasteiger partial charge in [-0.25, -0.2) is 0 Å². The zero-order valence-corrected chi connectivity index (χ0v) is 15.0. The first-order valence-corrected chi connectivity index (χ1v) is 8.74. The zero-order valence-electron chi connectivity index (χ0n) is 15.0. The molecule has 0 spiro atoms. The van der Waals surface area contributed by atoms with Gasteiger partial charge in [0.05, 0.1) is 5.92 Å². The minimum Gasteiger partial charge on any atom is -0.486 e. The maximum atomic E-state index is 12.8. The van der Waals surface area contributed by atoms with Gasteiger partial charge in [0.15, 0.2) is 23.1 Å². The molecule has 132 valence electrons. The topological polar surface area (TPSA) is 52.6 Å². The molecule has 0 bridgehead atoms. The maximum absolute atomic E-state index is 12.8. The number of ether oxygens (including phenoxy) is 2. The summed E-state index contributed by atoms with van der Waals surface area (Å²) >= 11 is 0. The number of fused-ring (bicyclic) bond motifs is 1. The van der Waals surface area contributed by atoms with Gasteiger partial charge in [-0.1, -0.05) is 51.1 Å². The Hall–Kier alpha value is -2.62. The van der Waals surface area contributed by atoms with E-state index in [1.54, 1.807) is 42.5 Å². The molecule has 1 atom stereocenters. The number of carbonyl (C=O) groups is 2. The van der Waals surface area contributed by atoms with Crippen molar-refractivity contribution in [2.75, 3.05) is 13.2 Å². The Morgan fingerprint density at radius 3 is 2.12 bits per heavy atom. The Bertz CT molecular complexity index is 722. The van der Waals surface area contributed by atoms with Crippen LogP contribution in [0.5, 0.6) is 11.5 Å². The molecule has 0 saturated heterocycles. The molecule has 0 fully saturated rings. The summed E-state index contributed by atoms with van der Waals surface area (Å²) in [5.74, 6) is 0.186. The number of benzene rings is 2. The molecule has 3 rings (SSSR count). The summed E-state index contributed by atoms with van der Waals surface area (Å²) in [7, 11) is 0. The summed E-state index contributed by atoms with van der Waals surface area (Å²) in [5, 5.41) is 0. The van der Waals surface area contributed by atoms with E-state index in [1.165, 1.54) is 0 Å². The van der Waals surface area contributed by atoms with Crippen LogP contribution in [0.1, 0.15) is 47.9 Å². The van der Waals surface area contributed by atoms with Crippen molar-refractivity contribution in [1.82, 2.24) is 0 Å². The quantitative estimate of drug-likeness (QED) is 0.591. The van der Waals surface area contributed by atoms with Crippen LogP contribution in [0.4, 0.5) is 0 Å². The van der Waals surface area contributed by atoms with Crippen molar-refractivity contribution in [3.63, 3.8) is 0 Å². The molecule has 0 saturated carbocycles. The highest BCUT2D eigenvalue weighted by atomic mass is 16.6. The lowest BCUT2D eigenvalue weighted by molar-refractivity contribution is 0.0803. The van der Waals surface area contributed by atoms with E-state index in [1.807, 2.05) is 26.8 Å². The van der Waals surface area contributed by atoms with Crippen LogP contribution in [-0.2, 0) is 0 Å². The summed E-state index contributed by atoms with van der Waals surface area (Å²) in [6.07, 6.45) is 0.459. The molecule has 4 heteroatoms. The lowest BCUT2D eigenvalue weighted by Gasteiger charge is -2.19. The van der Waals surface area contributed by atoms with Gasteiger partial charge < -0.3 is 9.47 Å². The van der Waals surface area contributed by atoms with Crippen molar-refractivity contribution in [1.29, 1.82) is 0 Å². The van der Waals surface area contributed by atoms with Crippen LogP contribution in [0.3, 0.4) is 0 Å². The molecule has 0 amide bonds. The number of rotatable bonds is 5. The fourth-order valence-electron chi connectivity index (χ4n) is 2.69. The summed E-state index contributed by atoms with van der Waals surface area (Å²) in [6, 6.07) is 14.0. The first-order chi connectivity index (χ1) is 12.2. The molecule has 4 nitrogen and oxygen atoms in total. The Labute approximate surface area is 148 Å². The van der Waals surface area contributed by atoms with Crippen LogP contribution >= 0.6 is 0 Å². The standard InChI is InChI=1S/C19H18O4.C2H6/c1-2-15(18(20)13-6-4-3-5-7-13)19(21)14-8-9-16-17(12-14)23-11-10-22-16;1-2/h3-9,12,15H,2,10-11H2,1H3;1-2H3. The third-order valence-corrected chi connectivity index (χ3v) is 3.93. The summed E-state index contributed by atoms with van der Waals surface area (Å²) in [6.45, 7) is 6.82. The van der Waals surface area contributed by atoms with Crippen LogP contribution in [-0.4, -0.2) is 24.8 Å². The van der Waals surface area contributed by atoms with Crippen molar-refractivity contribution in [2.45, 2.75) is 27.2 Å². The molecule has 2 aromatic rings. The highest BCUT2D eigenvalue weighted by molar-refractivity contribution is 6.16. The molecule has 1 aliphatic heterocycles. The fourth-order valence-corrected chi connectivity index (χ4v) is 2.69. The van der Waals surface area contributed by atoms with E-state index in [0.717, 1.165) is 0 Å². The van der Waals surface area contributed by atoms with Gasteiger partial charge in [0.2, 0.25) is 0 Å². The second-order valence-corrected chi connectivity index (χ2v) is 5.41. The molecular formula is C21H24O4. The number of Topliss-reactive ketones (excluding diaryl/α,β-unsaturated/α-hetero) is 2. The lowest BCUT2D eigenvalue weighted by atomic mass is 9.88. The van der Waals surface area contributed by atoms with Crippen LogP contribution in [0.2, 0.25) is 0 Å². The van der Waals surface area contributed by atoms with Gasteiger partial charge in [-0.05, 0) is 24.6 Å². The molecule has 1 aliphatic rings. The van der Waals surface area contributed by atoms with Gasteiger partial charge in [0, 0.05) is 11.1 Å². The van der Waals surface area contributed by atoms with E-state index in [0.29, 0.717) is 42.3 Å². The first kappa shape index (κ1) is 18.7. The average molecular weight is 340 g/mol. The van der Waals surface area contributed by atoms with Gasteiger partial charge in [0.1, 0.15) is 13.2 Å². The zero-order chi connectivity index (χ0) is 18.2. The van der Waals surface area contributed by atoms with Crippen molar-refractivity contribution < 1.29 is 19.1 Å². The van der Waals surface area contributed by atoms with Gasteiger partial charge >= 0.3 is 0 Å². The Balaban J connectivity index is 0.00000109. The number of carbonyl (C=O) groups excluding carboxylic acids is 2. The molecule has 0 aliphatic carbocycles. The van der Waals surface area contributed by atoms with E-state index in [2.05, 4.69) is 0 Å². The van der Waals surface area contributed by atoms with Gasteiger partial charge in [-0.3, -0.25) is 9.59 Å². The number of hydrogen-bond donors (Lipinski definition) is 0. The van der Waals surface area contributed by atoms with Gasteiger partial charge in [-0.2, -0.15) is 0 Å². The van der Waals surface area contributed by atoms with Gasteiger partial charge in [-0.15, -0.1) is 0 Å². The smallest absolute Gasteiger partial charge is 0.173 e. The molecule has 2 aromatic carbocycles. The van der Waals surface area contributed by atoms with Gasteiger partial charge in [0.25, 0.3) is 0 Å². The minimum atomic E-state index is -0.681. The first-order valence-electron chi connectivity index (χ1n) is 8.74. The average Bonchev–Trinajstić information content (AvgIpc) is 2.70. The third-order valence-electron chi connectivity index (χ3n) is 3.93. The predicted octanol–water partition coefficient (Wildman–Crippen LogP) is 4.58. The van der Waals surface area contributed by atoms with E-state index in [-0.39, 0.29) is 11.6 Å². The predicted molar refractivity (Wildman–Crippen MR) is 97.7 cm³/mol. The number of ketones is 2. The maximum Gasteiger partial charge on any atom is 0.173 e. The monoisotopic (exact) mass is 340 g/mol. The van der Waals surface area contributed by atoms with Crippen LogP contribution in [0.25, 0.3) is 0 Å². The Kier molecular flexibility index (Phi) is 6.75. The Morgan fingerprint density at radius 1 is 0.880 bits per heavy atom.